The van der Waals surface area contributed by atoms with Crippen molar-refractivity contribution in [3.05, 3.63) is 52.3 Å². The summed E-state index contributed by atoms with van der Waals surface area (Å²) in [6, 6.07) is 9.55. The van der Waals surface area contributed by atoms with Crippen LogP contribution in [0.15, 0.2) is 40.9 Å². The van der Waals surface area contributed by atoms with Gasteiger partial charge in [-0.1, -0.05) is 15.9 Å². The lowest BCUT2D eigenvalue weighted by Gasteiger charge is -2.30. The Balaban J connectivity index is 2.00. The first-order chi connectivity index (χ1) is 10.0. The minimum atomic E-state index is -0.380. The molecule has 2 aromatic carbocycles. The molecule has 21 heavy (non-hydrogen) atoms. The fourth-order valence-corrected chi connectivity index (χ4v) is 2.58. The van der Waals surface area contributed by atoms with Crippen LogP contribution in [0.1, 0.15) is 5.56 Å². The fourth-order valence-electron chi connectivity index (χ4n) is 2.23. The molecule has 0 aromatic heterocycles. The van der Waals surface area contributed by atoms with Crippen molar-refractivity contribution in [3.63, 3.8) is 0 Å². The predicted molar refractivity (Wildman–Crippen MR) is 81.6 cm³/mol. The van der Waals surface area contributed by atoms with Gasteiger partial charge in [0.1, 0.15) is 11.6 Å². The molecule has 0 bridgehead atoms. The van der Waals surface area contributed by atoms with Gasteiger partial charge in [-0.25, -0.2) is 4.39 Å². The number of fused-ring (bicyclic) bond motifs is 1. The quantitative estimate of drug-likeness (QED) is 0.846. The molecule has 2 N–H and O–H groups in total. The summed E-state index contributed by atoms with van der Waals surface area (Å²) in [5.41, 5.74) is 7.52. The van der Waals surface area contributed by atoms with Crippen LogP contribution in [0.5, 0.6) is 5.75 Å². The Morgan fingerprint density at radius 1 is 1.29 bits per heavy atom. The topological polar surface area (TPSA) is 55.6 Å². The van der Waals surface area contributed by atoms with E-state index in [-0.39, 0.29) is 24.9 Å². The maximum atomic E-state index is 13.4. The van der Waals surface area contributed by atoms with Gasteiger partial charge in [-0.2, -0.15) is 0 Å². The third kappa shape index (κ3) is 2.71. The van der Waals surface area contributed by atoms with Crippen molar-refractivity contribution in [2.45, 2.75) is 6.54 Å². The lowest BCUT2D eigenvalue weighted by atomic mass is 10.1. The number of benzene rings is 2. The van der Waals surface area contributed by atoms with Crippen LogP contribution in [0.4, 0.5) is 15.8 Å². The van der Waals surface area contributed by atoms with E-state index in [4.69, 9.17) is 10.5 Å². The largest absolute Gasteiger partial charge is 0.482 e. The maximum absolute atomic E-state index is 13.4. The number of nitrogens with two attached hydrogens (primary N) is 1. The third-order valence-corrected chi connectivity index (χ3v) is 3.79. The van der Waals surface area contributed by atoms with Crippen LogP contribution in [-0.4, -0.2) is 12.5 Å². The second-order valence-electron chi connectivity index (χ2n) is 4.72. The summed E-state index contributed by atoms with van der Waals surface area (Å²) in [4.78, 5) is 13.7. The number of hydrogen-bond donors (Lipinski definition) is 1. The van der Waals surface area contributed by atoms with Gasteiger partial charge in [-0.3, -0.25) is 4.79 Å². The Hall–Kier alpha value is -2.08. The molecular formula is C15H12BrFN2O2. The first kappa shape index (κ1) is 13.9. The second kappa shape index (κ2) is 5.37. The van der Waals surface area contributed by atoms with Gasteiger partial charge in [-0.05, 0) is 42.0 Å². The summed E-state index contributed by atoms with van der Waals surface area (Å²) < 4.78 is 19.6. The van der Waals surface area contributed by atoms with E-state index >= 15 is 0 Å². The minimum absolute atomic E-state index is 0.0378. The molecule has 1 amide bonds. The highest BCUT2D eigenvalue weighted by Crippen LogP contribution is 2.35. The zero-order valence-electron chi connectivity index (χ0n) is 11.0. The second-order valence-corrected chi connectivity index (χ2v) is 5.64. The standard InChI is InChI=1S/C15H12BrFN2O2/c16-10-1-4-14-13(6-10)19(15(20)8-21-14)7-9-5-11(17)2-3-12(9)18/h1-6H,7-8,18H2. The maximum Gasteiger partial charge on any atom is 0.265 e. The van der Waals surface area contributed by atoms with Crippen LogP contribution in [0.3, 0.4) is 0 Å². The van der Waals surface area contributed by atoms with Crippen LogP contribution in [0.25, 0.3) is 0 Å². The Morgan fingerprint density at radius 2 is 2.10 bits per heavy atom. The van der Waals surface area contributed by atoms with Crippen LogP contribution in [0.2, 0.25) is 0 Å². The summed E-state index contributed by atoms with van der Waals surface area (Å²) in [5.74, 6) is 0.0476. The molecule has 0 spiro atoms. The van der Waals surface area contributed by atoms with Crippen molar-refractivity contribution in [2.75, 3.05) is 17.2 Å². The molecule has 0 atom stereocenters. The molecule has 1 aliphatic heterocycles. The van der Waals surface area contributed by atoms with Crippen LogP contribution >= 0.6 is 15.9 Å². The molecule has 3 rings (SSSR count). The average molecular weight is 351 g/mol. The molecule has 0 saturated carbocycles. The molecule has 6 heteroatoms. The summed E-state index contributed by atoms with van der Waals surface area (Å²) in [6.07, 6.45) is 0. The molecule has 0 saturated heterocycles. The summed E-state index contributed by atoms with van der Waals surface area (Å²) in [5, 5.41) is 0. The molecule has 1 aliphatic rings. The highest BCUT2D eigenvalue weighted by Gasteiger charge is 2.26. The Labute approximate surface area is 129 Å². The van der Waals surface area contributed by atoms with E-state index in [1.807, 2.05) is 6.07 Å². The molecule has 2 aromatic rings. The fraction of sp³-hybridized carbons (Fsp3) is 0.133. The number of anilines is 2. The first-order valence-corrected chi connectivity index (χ1v) is 7.10. The number of carbonyl (C=O) groups is 1. The third-order valence-electron chi connectivity index (χ3n) is 3.30. The molecular weight excluding hydrogens is 339 g/mol. The average Bonchev–Trinajstić information content (AvgIpc) is 2.46. The van der Waals surface area contributed by atoms with Crippen molar-refractivity contribution in [1.29, 1.82) is 0 Å². The number of nitrogens with zero attached hydrogens (tertiary/aromatic N) is 1. The van der Waals surface area contributed by atoms with E-state index in [1.165, 1.54) is 18.2 Å². The van der Waals surface area contributed by atoms with Gasteiger partial charge in [0, 0.05) is 10.2 Å². The number of carbonyl (C=O) groups excluding carboxylic acids is 1. The zero-order chi connectivity index (χ0) is 15.0. The normalized spacial score (nSPS) is 13.8. The van der Waals surface area contributed by atoms with Crippen LogP contribution in [0, 0.1) is 5.82 Å². The number of hydrogen-bond acceptors (Lipinski definition) is 3. The number of amides is 1. The highest BCUT2D eigenvalue weighted by atomic mass is 79.9. The SMILES string of the molecule is Nc1ccc(F)cc1CN1C(=O)COc2ccc(Br)cc21. The molecule has 0 radical (unpaired) electrons. The Kier molecular flexibility index (Phi) is 3.55. The number of rotatable bonds is 2. The van der Waals surface area contributed by atoms with Crippen molar-refractivity contribution in [1.82, 2.24) is 0 Å². The minimum Gasteiger partial charge on any atom is -0.482 e. The van der Waals surface area contributed by atoms with Crippen LogP contribution in [-0.2, 0) is 11.3 Å². The number of nitrogen functional groups attached to an aromatic ring is 1. The first-order valence-electron chi connectivity index (χ1n) is 6.31. The molecule has 0 fully saturated rings. The van der Waals surface area contributed by atoms with Crippen molar-refractivity contribution >= 4 is 33.2 Å². The lowest BCUT2D eigenvalue weighted by molar-refractivity contribution is -0.121. The summed E-state index contributed by atoms with van der Waals surface area (Å²) in [6.45, 7) is 0.166. The van der Waals surface area contributed by atoms with E-state index < -0.39 is 0 Å². The van der Waals surface area contributed by atoms with E-state index in [1.54, 1.807) is 17.0 Å². The number of ether oxygens (including phenoxy) is 1. The zero-order valence-corrected chi connectivity index (χ0v) is 12.6. The van der Waals surface area contributed by atoms with Gasteiger partial charge in [0.25, 0.3) is 5.91 Å². The lowest BCUT2D eigenvalue weighted by Crippen LogP contribution is -2.38. The van der Waals surface area contributed by atoms with Gasteiger partial charge >= 0.3 is 0 Å². The van der Waals surface area contributed by atoms with Crippen molar-refractivity contribution in [3.8, 4) is 5.75 Å². The van der Waals surface area contributed by atoms with Crippen molar-refractivity contribution < 1.29 is 13.9 Å². The Bertz CT molecular complexity index is 721. The Morgan fingerprint density at radius 3 is 2.90 bits per heavy atom. The molecule has 108 valence electrons. The molecule has 0 aliphatic carbocycles. The van der Waals surface area contributed by atoms with E-state index in [0.29, 0.717) is 22.7 Å². The highest BCUT2D eigenvalue weighted by molar-refractivity contribution is 9.10. The smallest absolute Gasteiger partial charge is 0.265 e. The number of halogens is 2. The molecule has 4 nitrogen and oxygen atoms in total. The van der Waals surface area contributed by atoms with E-state index in [9.17, 15) is 9.18 Å². The van der Waals surface area contributed by atoms with Gasteiger partial charge in [-0.15, -0.1) is 0 Å². The van der Waals surface area contributed by atoms with Gasteiger partial charge in [0.05, 0.1) is 12.2 Å². The van der Waals surface area contributed by atoms with Crippen LogP contribution < -0.4 is 15.4 Å². The van der Waals surface area contributed by atoms with E-state index in [2.05, 4.69) is 15.9 Å². The molecule has 1 heterocycles. The predicted octanol–water partition coefficient (Wildman–Crippen LogP) is 3.10. The summed E-state index contributed by atoms with van der Waals surface area (Å²) in [7, 11) is 0. The van der Waals surface area contributed by atoms with Crippen molar-refractivity contribution in [2.24, 2.45) is 0 Å². The molecule has 0 unspecified atom stereocenters. The summed E-state index contributed by atoms with van der Waals surface area (Å²) >= 11 is 3.37. The van der Waals surface area contributed by atoms with Gasteiger partial charge in [0.15, 0.2) is 6.61 Å². The van der Waals surface area contributed by atoms with Gasteiger partial charge < -0.3 is 15.4 Å². The monoisotopic (exact) mass is 350 g/mol. The van der Waals surface area contributed by atoms with Gasteiger partial charge in [0.2, 0.25) is 0 Å². The van der Waals surface area contributed by atoms with E-state index in [0.717, 1.165) is 4.47 Å².